The topological polar surface area (TPSA) is 66.4 Å². The highest BCUT2D eigenvalue weighted by Gasteiger charge is 2.55. The summed E-state index contributed by atoms with van der Waals surface area (Å²) < 4.78 is 31.9. The molecule has 0 saturated heterocycles. The Kier molecular flexibility index (Phi) is 11.6. The average molecular weight is 857 g/mol. The number of unbranched alkanes of at least 4 members (excludes halogenated alkanes) is 2. The molecule has 1 spiro atoms. The van der Waals surface area contributed by atoms with Crippen LogP contribution in [0.1, 0.15) is 120 Å². The van der Waals surface area contributed by atoms with E-state index in [1.54, 1.807) is 14.2 Å². The minimum Gasteiger partial charge on any atom is -0.497 e. The molecule has 1 aliphatic heterocycles. The number of hydrogen-bond donors (Lipinski definition) is 1. The Bertz CT molecular complexity index is 2630. The van der Waals surface area contributed by atoms with Crippen molar-refractivity contribution in [2.75, 3.05) is 27.4 Å². The number of aliphatic hydroxyl groups excluding tert-OH is 1. The molecule has 0 unspecified atom stereocenters. The number of hydrogen-bond acceptors (Lipinski definition) is 6. The molecule has 332 valence electrons. The monoisotopic (exact) mass is 856 g/mol. The van der Waals surface area contributed by atoms with E-state index in [2.05, 4.69) is 139 Å². The van der Waals surface area contributed by atoms with E-state index in [0.29, 0.717) is 24.7 Å². The quantitative estimate of drug-likeness (QED) is 0.110. The van der Waals surface area contributed by atoms with Gasteiger partial charge < -0.3 is 28.8 Å². The first-order chi connectivity index (χ1) is 30.9. The number of ether oxygens (including phenoxy) is 5. The lowest BCUT2D eigenvalue weighted by Gasteiger charge is -2.52. The first-order valence-electron chi connectivity index (χ1n) is 23.3. The molecule has 0 radical (unpaired) electrons. The van der Waals surface area contributed by atoms with Gasteiger partial charge in [0.05, 0.1) is 34.0 Å². The normalized spacial score (nSPS) is 17.0. The molecule has 1 fully saturated rings. The standard InChI is InChI=1S/C58H64O6/c1-9-11-29-62-41-21-17-39(18-22-41)58(40-19-23-42(24-20-40)63-30-12-10-2)28-27-46-53-52(45-15-13-14-16-50(45)57(53)36-55(3,4)35-56(5,6)37-57)48-31-38(34-59)47(33-49(48)54(46)64-58)44-26-25-43(60-7)32-51(44)61-8/h13-28,31-33,59H,9-12,29-30,34-37H2,1-8H3. The minimum atomic E-state index is -1.00. The molecule has 0 amide bonds. The number of aliphatic hydroxyl groups is 1. The maximum Gasteiger partial charge on any atom is 0.178 e. The second-order valence-electron chi connectivity index (χ2n) is 19.9. The fourth-order valence-electron chi connectivity index (χ4n) is 11.9. The van der Waals surface area contributed by atoms with Crippen LogP contribution in [-0.2, 0) is 17.6 Å². The Morgan fingerprint density at radius 3 is 1.81 bits per heavy atom. The molecule has 1 heterocycles. The van der Waals surface area contributed by atoms with Gasteiger partial charge in [0.15, 0.2) is 5.60 Å². The Balaban J connectivity index is 1.35. The summed E-state index contributed by atoms with van der Waals surface area (Å²) in [6.45, 7) is 15.4. The van der Waals surface area contributed by atoms with E-state index in [1.807, 2.05) is 18.2 Å². The summed E-state index contributed by atoms with van der Waals surface area (Å²) in [6, 6.07) is 36.3. The van der Waals surface area contributed by atoms with E-state index in [0.717, 1.165) is 106 Å². The van der Waals surface area contributed by atoms with Crippen LogP contribution in [0.25, 0.3) is 39.1 Å². The van der Waals surface area contributed by atoms with Gasteiger partial charge in [0.25, 0.3) is 0 Å². The molecular formula is C58H64O6. The fraction of sp³-hybridized carbons (Fsp3) is 0.379. The highest BCUT2D eigenvalue weighted by molar-refractivity contribution is 6.10. The van der Waals surface area contributed by atoms with Crippen LogP contribution in [0.3, 0.4) is 0 Å². The summed E-state index contributed by atoms with van der Waals surface area (Å²) in [5, 5.41) is 13.3. The van der Waals surface area contributed by atoms with Crippen LogP contribution in [0.2, 0.25) is 0 Å². The summed E-state index contributed by atoms with van der Waals surface area (Å²) in [5.41, 5.74) is 9.77. The maximum atomic E-state index is 11.3. The van der Waals surface area contributed by atoms with Crippen LogP contribution in [0, 0.1) is 10.8 Å². The number of benzene rings is 6. The van der Waals surface area contributed by atoms with Crippen molar-refractivity contribution < 1.29 is 28.8 Å². The molecule has 64 heavy (non-hydrogen) atoms. The van der Waals surface area contributed by atoms with Gasteiger partial charge in [0.1, 0.15) is 28.7 Å². The van der Waals surface area contributed by atoms with Gasteiger partial charge in [0.2, 0.25) is 0 Å². The van der Waals surface area contributed by atoms with Crippen molar-refractivity contribution in [3.05, 3.63) is 143 Å². The molecule has 6 aromatic rings. The van der Waals surface area contributed by atoms with Crippen molar-refractivity contribution in [1.29, 1.82) is 0 Å². The zero-order valence-corrected chi connectivity index (χ0v) is 39.0. The maximum absolute atomic E-state index is 11.3. The minimum absolute atomic E-state index is 0.0776. The molecule has 1 N–H and O–H groups in total. The zero-order chi connectivity index (χ0) is 44.9. The van der Waals surface area contributed by atoms with Crippen molar-refractivity contribution >= 4 is 16.8 Å². The second-order valence-corrected chi connectivity index (χ2v) is 19.9. The zero-order valence-electron chi connectivity index (χ0n) is 39.0. The number of rotatable bonds is 14. The van der Waals surface area contributed by atoms with Gasteiger partial charge in [0, 0.05) is 39.1 Å². The highest BCUT2D eigenvalue weighted by Crippen LogP contribution is 2.67. The van der Waals surface area contributed by atoms with Gasteiger partial charge in [-0.3, -0.25) is 0 Å². The molecule has 0 bridgehead atoms. The van der Waals surface area contributed by atoms with Crippen LogP contribution in [0.4, 0.5) is 0 Å². The van der Waals surface area contributed by atoms with Crippen LogP contribution >= 0.6 is 0 Å². The molecule has 6 aromatic carbocycles. The van der Waals surface area contributed by atoms with Crippen LogP contribution in [-0.4, -0.2) is 32.5 Å². The Morgan fingerprint density at radius 1 is 0.625 bits per heavy atom. The Hall–Kier alpha value is -5.72. The second kappa shape index (κ2) is 17.0. The van der Waals surface area contributed by atoms with Crippen LogP contribution in [0.5, 0.6) is 28.7 Å². The molecule has 2 aliphatic carbocycles. The molecule has 1 saturated carbocycles. The van der Waals surface area contributed by atoms with E-state index in [9.17, 15) is 5.11 Å². The molecule has 6 heteroatoms. The lowest BCUT2D eigenvalue weighted by Crippen LogP contribution is -2.44. The van der Waals surface area contributed by atoms with E-state index < -0.39 is 5.60 Å². The van der Waals surface area contributed by atoms with Crippen LogP contribution in [0.15, 0.2) is 109 Å². The van der Waals surface area contributed by atoms with E-state index >= 15 is 0 Å². The summed E-state index contributed by atoms with van der Waals surface area (Å²) in [7, 11) is 3.34. The first kappa shape index (κ1) is 43.5. The predicted molar refractivity (Wildman–Crippen MR) is 260 cm³/mol. The van der Waals surface area contributed by atoms with Crippen molar-refractivity contribution in [3.8, 4) is 51.0 Å². The largest absolute Gasteiger partial charge is 0.497 e. The van der Waals surface area contributed by atoms with E-state index in [4.69, 9.17) is 23.7 Å². The molecule has 0 atom stereocenters. The summed E-state index contributed by atoms with van der Waals surface area (Å²) in [5.74, 6) is 3.87. The third kappa shape index (κ3) is 7.51. The summed E-state index contributed by atoms with van der Waals surface area (Å²) in [6.07, 6.45) is 12.0. The summed E-state index contributed by atoms with van der Waals surface area (Å²) in [4.78, 5) is 0. The van der Waals surface area contributed by atoms with Crippen molar-refractivity contribution in [3.63, 3.8) is 0 Å². The van der Waals surface area contributed by atoms with E-state index in [-0.39, 0.29) is 22.9 Å². The van der Waals surface area contributed by atoms with Gasteiger partial charge in [-0.1, -0.05) is 109 Å². The number of fused-ring (bicyclic) bond motifs is 10. The van der Waals surface area contributed by atoms with Gasteiger partial charge >= 0.3 is 0 Å². The molecule has 3 aliphatic rings. The SMILES string of the molecule is CCCCOc1ccc(C2(c3ccc(OCCCC)cc3)C=Cc3c4c(c5cc(CO)c(-c6ccc(OC)cc6OC)cc5c3O2)-c2ccccc2C42CC(C)(C)CC(C)(C)C2)cc1. The molecular weight excluding hydrogens is 793 g/mol. The predicted octanol–water partition coefficient (Wildman–Crippen LogP) is 14.2. The van der Waals surface area contributed by atoms with Crippen molar-refractivity contribution in [2.45, 2.75) is 104 Å². The summed E-state index contributed by atoms with van der Waals surface area (Å²) >= 11 is 0. The van der Waals surface area contributed by atoms with Crippen molar-refractivity contribution in [2.24, 2.45) is 10.8 Å². The molecule has 0 aromatic heterocycles. The van der Waals surface area contributed by atoms with Crippen molar-refractivity contribution in [1.82, 2.24) is 0 Å². The highest BCUT2D eigenvalue weighted by atomic mass is 16.5. The fourth-order valence-corrected chi connectivity index (χ4v) is 11.9. The van der Waals surface area contributed by atoms with Gasteiger partial charge in [-0.25, -0.2) is 0 Å². The third-order valence-electron chi connectivity index (χ3n) is 13.9. The lowest BCUT2D eigenvalue weighted by molar-refractivity contribution is 0.0642. The average Bonchev–Trinajstić information content (AvgIpc) is 3.55. The third-order valence-corrected chi connectivity index (χ3v) is 13.9. The van der Waals surface area contributed by atoms with Gasteiger partial charge in [-0.15, -0.1) is 0 Å². The Morgan fingerprint density at radius 2 is 1.23 bits per heavy atom. The smallest absolute Gasteiger partial charge is 0.178 e. The lowest BCUT2D eigenvalue weighted by atomic mass is 9.52. The molecule has 6 nitrogen and oxygen atoms in total. The molecule has 9 rings (SSSR count). The van der Waals surface area contributed by atoms with Crippen LogP contribution < -0.4 is 23.7 Å². The number of methoxy groups -OCH3 is 2. The first-order valence-corrected chi connectivity index (χ1v) is 23.3. The van der Waals surface area contributed by atoms with Gasteiger partial charge in [-0.05, 0) is 136 Å². The Labute approximate surface area is 380 Å². The van der Waals surface area contributed by atoms with E-state index in [1.165, 1.54) is 22.3 Å². The van der Waals surface area contributed by atoms with Gasteiger partial charge in [-0.2, -0.15) is 0 Å².